The van der Waals surface area contributed by atoms with Crippen LogP contribution >= 0.6 is 0 Å². The van der Waals surface area contributed by atoms with E-state index in [-0.39, 0.29) is 19.6 Å². The molecule has 0 aliphatic heterocycles. The molecule has 0 bridgehead atoms. The van der Waals surface area contributed by atoms with Crippen molar-refractivity contribution >= 4 is 18.1 Å². The zero-order valence-electron chi connectivity index (χ0n) is 18.3. The van der Waals surface area contributed by atoms with Gasteiger partial charge in [-0.2, -0.15) is 0 Å². The highest BCUT2D eigenvalue weighted by Crippen LogP contribution is 2.29. The minimum atomic E-state index is -0.313. The average molecular weight is 427 g/mol. The average Bonchev–Trinajstić information content (AvgIpc) is 2.80. The molecule has 0 aliphatic carbocycles. The Kier molecular flexibility index (Phi) is 10.9. The van der Waals surface area contributed by atoms with Crippen LogP contribution < -0.4 is 9.47 Å². The van der Waals surface area contributed by atoms with Crippen molar-refractivity contribution in [2.24, 2.45) is 0 Å². The Labute approximate surface area is 184 Å². The number of hydrogen-bond acceptors (Lipinski definition) is 6. The lowest BCUT2D eigenvalue weighted by molar-refractivity contribution is 0.0322. The van der Waals surface area contributed by atoms with E-state index in [1.165, 1.54) is 0 Å². The van der Waals surface area contributed by atoms with Crippen molar-refractivity contribution in [2.75, 3.05) is 34.4 Å². The first kappa shape index (κ1) is 24.2. The van der Waals surface area contributed by atoms with Crippen molar-refractivity contribution in [3.8, 4) is 11.5 Å². The molecule has 166 valence electrons. The minimum absolute atomic E-state index is 0.114. The van der Waals surface area contributed by atoms with Gasteiger partial charge in [-0.25, -0.2) is 4.79 Å². The molecule has 0 saturated heterocycles. The van der Waals surface area contributed by atoms with Gasteiger partial charge in [-0.3, -0.25) is 0 Å². The van der Waals surface area contributed by atoms with Gasteiger partial charge in [0.25, 0.3) is 0 Å². The van der Waals surface area contributed by atoms with Crippen molar-refractivity contribution in [3.05, 3.63) is 71.3 Å². The van der Waals surface area contributed by atoms with Gasteiger partial charge in [-0.15, -0.1) is 0 Å². The van der Waals surface area contributed by atoms with Crippen LogP contribution in [0.3, 0.4) is 0 Å². The summed E-state index contributed by atoms with van der Waals surface area (Å²) in [5, 5.41) is 0. The van der Waals surface area contributed by atoms with Crippen LogP contribution in [0.2, 0.25) is 0 Å². The van der Waals surface area contributed by atoms with Crippen LogP contribution in [0.25, 0.3) is 12.2 Å². The zero-order valence-corrected chi connectivity index (χ0v) is 18.3. The first-order valence-corrected chi connectivity index (χ1v) is 10.2. The van der Waals surface area contributed by atoms with Gasteiger partial charge in [0, 0.05) is 14.2 Å². The molecular weight excluding hydrogens is 396 g/mol. The van der Waals surface area contributed by atoms with Crippen molar-refractivity contribution in [1.82, 2.24) is 0 Å². The van der Waals surface area contributed by atoms with Crippen molar-refractivity contribution in [1.29, 1.82) is 0 Å². The molecule has 2 rings (SSSR count). The highest BCUT2D eigenvalue weighted by Gasteiger charge is 2.07. The fourth-order valence-electron chi connectivity index (χ4n) is 2.62. The second-order valence-electron chi connectivity index (χ2n) is 6.57. The molecule has 6 nitrogen and oxygen atoms in total. The molecule has 0 fully saturated rings. The molecule has 0 saturated carbocycles. The lowest BCUT2D eigenvalue weighted by Gasteiger charge is -2.12. The van der Waals surface area contributed by atoms with E-state index in [1.807, 2.05) is 48.6 Å². The maximum atomic E-state index is 12.1. The van der Waals surface area contributed by atoms with Crippen LogP contribution in [-0.4, -0.2) is 40.4 Å². The third kappa shape index (κ3) is 8.66. The molecule has 31 heavy (non-hydrogen) atoms. The lowest BCUT2D eigenvalue weighted by atomic mass is 10.1. The summed E-state index contributed by atoms with van der Waals surface area (Å²) in [7, 11) is 3.12. The van der Waals surface area contributed by atoms with Crippen molar-refractivity contribution in [3.63, 3.8) is 0 Å². The monoisotopic (exact) mass is 426 g/mol. The van der Waals surface area contributed by atoms with Crippen molar-refractivity contribution < 1.29 is 28.5 Å². The number of carbonyl (C=O) groups excluding carboxylic acids is 1. The Morgan fingerprint density at radius 2 is 1.48 bits per heavy atom. The van der Waals surface area contributed by atoms with Crippen molar-refractivity contribution in [2.45, 2.75) is 19.8 Å². The Balaban J connectivity index is 1.99. The van der Waals surface area contributed by atoms with Crippen LogP contribution in [0.15, 0.2) is 54.6 Å². The van der Waals surface area contributed by atoms with Crippen LogP contribution in [-0.2, 0) is 14.2 Å². The summed E-state index contributed by atoms with van der Waals surface area (Å²) < 4.78 is 26.3. The van der Waals surface area contributed by atoms with Crippen LogP contribution in [0.5, 0.6) is 11.5 Å². The van der Waals surface area contributed by atoms with Gasteiger partial charge in [0.15, 0.2) is 25.1 Å². The maximum absolute atomic E-state index is 12.1. The van der Waals surface area contributed by atoms with Crippen LogP contribution in [0, 0.1) is 0 Å². The van der Waals surface area contributed by atoms with Gasteiger partial charge in [-0.1, -0.05) is 49.4 Å². The second kappa shape index (κ2) is 14.0. The van der Waals surface area contributed by atoms with Gasteiger partial charge < -0.3 is 23.7 Å². The number of rotatable bonds is 13. The van der Waals surface area contributed by atoms with Crippen LogP contribution in [0.4, 0.5) is 0 Å². The Morgan fingerprint density at radius 1 is 0.839 bits per heavy atom. The van der Waals surface area contributed by atoms with E-state index in [1.54, 1.807) is 26.4 Å². The van der Waals surface area contributed by atoms with Crippen LogP contribution in [0.1, 0.15) is 41.3 Å². The highest BCUT2D eigenvalue weighted by molar-refractivity contribution is 5.89. The standard InChI is InChI=1S/C25H30O6/c1-4-5-6-7-16-29-25(26)22-13-10-20(11-14-22)8-9-21-12-15-23(30-18-27-2)24(17-21)31-19-28-3/h5-6,8-15,17H,4,7,16,18-19H2,1-3H3. The van der Waals surface area contributed by atoms with Gasteiger partial charge in [0.1, 0.15) is 0 Å². The normalized spacial score (nSPS) is 11.2. The van der Waals surface area contributed by atoms with E-state index >= 15 is 0 Å². The SMILES string of the molecule is CCC=CCCOC(=O)c1ccc(C=Cc2ccc(OCOC)c(OCOC)c2)cc1. The Morgan fingerprint density at radius 3 is 2.16 bits per heavy atom. The molecular formula is C25H30O6. The predicted molar refractivity (Wildman–Crippen MR) is 121 cm³/mol. The third-order valence-electron chi connectivity index (χ3n) is 4.17. The summed E-state index contributed by atoms with van der Waals surface area (Å²) in [6.45, 7) is 2.69. The fourth-order valence-corrected chi connectivity index (χ4v) is 2.62. The molecule has 0 radical (unpaired) electrons. The summed E-state index contributed by atoms with van der Waals surface area (Å²) in [5.74, 6) is 0.823. The minimum Gasteiger partial charge on any atom is -0.464 e. The molecule has 0 amide bonds. The number of benzene rings is 2. The predicted octanol–water partition coefficient (Wildman–Crippen LogP) is 5.34. The van der Waals surface area contributed by atoms with Gasteiger partial charge in [0.2, 0.25) is 0 Å². The summed E-state index contributed by atoms with van der Waals surface area (Å²) in [4.78, 5) is 12.1. The molecule has 0 aromatic heterocycles. The maximum Gasteiger partial charge on any atom is 0.338 e. The molecule has 2 aromatic carbocycles. The van der Waals surface area contributed by atoms with Gasteiger partial charge in [0.05, 0.1) is 12.2 Å². The van der Waals surface area contributed by atoms with Gasteiger partial charge in [-0.05, 0) is 48.2 Å². The number of carbonyl (C=O) groups is 1. The summed E-state index contributed by atoms with van der Waals surface area (Å²) in [5.41, 5.74) is 2.42. The Hall–Kier alpha value is -3.09. The fraction of sp³-hybridized carbons (Fsp3) is 0.320. The largest absolute Gasteiger partial charge is 0.464 e. The first-order valence-electron chi connectivity index (χ1n) is 10.2. The summed E-state index contributed by atoms with van der Waals surface area (Å²) >= 11 is 0. The van der Waals surface area contributed by atoms with E-state index in [0.717, 1.165) is 24.0 Å². The molecule has 0 atom stereocenters. The molecule has 0 spiro atoms. The quantitative estimate of drug-likeness (QED) is 0.142. The van der Waals surface area contributed by atoms with E-state index in [2.05, 4.69) is 13.0 Å². The zero-order chi connectivity index (χ0) is 22.3. The topological polar surface area (TPSA) is 63.2 Å². The number of esters is 1. The number of ether oxygens (including phenoxy) is 5. The molecule has 0 aliphatic rings. The molecule has 0 N–H and O–H groups in total. The van der Waals surface area contributed by atoms with Gasteiger partial charge >= 0.3 is 5.97 Å². The smallest absolute Gasteiger partial charge is 0.338 e. The summed E-state index contributed by atoms with van der Waals surface area (Å²) in [6.07, 6.45) is 9.69. The molecule has 6 heteroatoms. The highest BCUT2D eigenvalue weighted by atomic mass is 16.7. The second-order valence-corrected chi connectivity index (χ2v) is 6.57. The molecule has 2 aromatic rings. The van der Waals surface area contributed by atoms with E-state index in [4.69, 9.17) is 23.7 Å². The first-order chi connectivity index (χ1) is 15.2. The number of allylic oxidation sites excluding steroid dienone is 1. The summed E-state index contributed by atoms with van der Waals surface area (Å²) in [6, 6.07) is 12.9. The van der Waals surface area contributed by atoms with E-state index in [9.17, 15) is 4.79 Å². The molecule has 0 unspecified atom stereocenters. The Bertz CT molecular complexity index is 855. The lowest BCUT2D eigenvalue weighted by Crippen LogP contribution is -2.05. The number of methoxy groups -OCH3 is 2. The molecule has 0 heterocycles. The van der Waals surface area contributed by atoms with E-state index < -0.39 is 0 Å². The van der Waals surface area contributed by atoms with E-state index in [0.29, 0.717) is 23.7 Å². The third-order valence-corrected chi connectivity index (χ3v) is 4.17. The number of hydrogen-bond donors (Lipinski definition) is 0.